The molecule has 0 bridgehead atoms. The molecule has 2 aliphatic rings. The van der Waals surface area contributed by atoms with E-state index in [0.29, 0.717) is 25.4 Å². The standard InChI is InChI=1S/C22H52O8Si5/c1-31(2,15-11-13-23-17-21-19-25-21)27-33(5,6)29-35(9,10)30-34(7,8)28-32(3,4)16-12-14-24-18-22-20-26-22/h21-22H,11-20H2,1-10H3. The van der Waals surface area contributed by atoms with Crippen LogP contribution in [0.2, 0.25) is 77.6 Å². The molecule has 8 nitrogen and oxygen atoms in total. The van der Waals surface area contributed by atoms with Crippen LogP contribution in [-0.4, -0.2) is 94.2 Å². The molecule has 0 N–H and O–H groups in total. The Morgan fingerprint density at radius 2 is 0.857 bits per heavy atom. The second-order valence-corrected chi connectivity index (χ2v) is 32.1. The molecule has 0 aliphatic carbocycles. The zero-order valence-corrected chi connectivity index (χ0v) is 29.0. The summed E-state index contributed by atoms with van der Waals surface area (Å²) in [6.45, 7) is 26.7. The summed E-state index contributed by atoms with van der Waals surface area (Å²) in [5.41, 5.74) is 0. The molecule has 0 saturated carbocycles. The van der Waals surface area contributed by atoms with Crippen LogP contribution in [0.25, 0.3) is 0 Å². The fourth-order valence-corrected chi connectivity index (χ4v) is 29.2. The van der Waals surface area contributed by atoms with E-state index in [2.05, 4.69) is 65.5 Å². The summed E-state index contributed by atoms with van der Waals surface area (Å²) in [7, 11) is -10.9. The van der Waals surface area contributed by atoms with E-state index in [4.69, 9.17) is 35.4 Å². The molecule has 0 spiro atoms. The zero-order chi connectivity index (χ0) is 26.4. The van der Waals surface area contributed by atoms with E-state index in [1.54, 1.807) is 0 Å². The molecule has 2 rings (SSSR count). The Bertz CT molecular complexity index is 587. The molecule has 2 aliphatic heterocycles. The minimum Gasteiger partial charge on any atom is -0.436 e. The summed E-state index contributed by atoms with van der Waals surface area (Å²) in [4.78, 5) is 0. The molecule has 0 aromatic rings. The molecule has 2 saturated heterocycles. The van der Waals surface area contributed by atoms with Gasteiger partial charge in [-0.2, -0.15) is 0 Å². The van der Waals surface area contributed by atoms with Crippen LogP contribution in [0.4, 0.5) is 0 Å². The highest BCUT2D eigenvalue weighted by molar-refractivity contribution is 6.90. The maximum atomic E-state index is 6.70. The Balaban J connectivity index is 1.73. The van der Waals surface area contributed by atoms with Gasteiger partial charge >= 0.3 is 25.7 Å². The number of hydrogen-bond acceptors (Lipinski definition) is 8. The lowest BCUT2D eigenvalue weighted by molar-refractivity contribution is 0.116. The highest BCUT2D eigenvalue weighted by Gasteiger charge is 2.45. The van der Waals surface area contributed by atoms with Crippen molar-refractivity contribution >= 4 is 42.3 Å². The van der Waals surface area contributed by atoms with Crippen molar-refractivity contribution in [1.82, 2.24) is 0 Å². The van der Waals surface area contributed by atoms with Crippen molar-refractivity contribution in [3.05, 3.63) is 0 Å². The van der Waals surface area contributed by atoms with Gasteiger partial charge in [0.2, 0.25) is 0 Å². The summed E-state index contributed by atoms with van der Waals surface area (Å²) >= 11 is 0. The minimum absolute atomic E-state index is 0.329. The summed E-state index contributed by atoms with van der Waals surface area (Å²) in [6, 6.07) is 2.11. The van der Waals surface area contributed by atoms with Gasteiger partial charge in [-0.1, -0.05) is 0 Å². The van der Waals surface area contributed by atoms with E-state index in [9.17, 15) is 0 Å². The van der Waals surface area contributed by atoms with Gasteiger partial charge in [-0.05, 0) is 90.4 Å². The van der Waals surface area contributed by atoms with Crippen LogP contribution >= 0.6 is 0 Å². The molecule has 0 amide bonds. The van der Waals surface area contributed by atoms with Crippen molar-refractivity contribution in [3.8, 4) is 0 Å². The molecule has 0 radical (unpaired) electrons. The van der Waals surface area contributed by atoms with Gasteiger partial charge in [0.25, 0.3) is 0 Å². The molecule has 13 heteroatoms. The zero-order valence-electron chi connectivity index (χ0n) is 24.0. The van der Waals surface area contributed by atoms with Gasteiger partial charge in [0, 0.05) is 13.2 Å². The summed E-state index contributed by atoms with van der Waals surface area (Å²) in [6.07, 6.45) is 2.69. The third-order valence-electron chi connectivity index (χ3n) is 5.57. The first-order valence-corrected chi connectivity index (χ1v) is 27.9. The largest absolute Gasteiger partial charge is 0.436 e. The molecule has 2 unspecified atom stereocenters. The highest BCUT2D eigenvalue weighted by atomic mass is 28.5. The third kappa shape index (κ3) is 15.7. The van der Waals surface area contributed by atoms with Gasteiger partial charge in [-0.3, -0.25) is 0 Å². The van der Waals surface area contributed by atoms with Crippen LogP contribution in [0.5, 0.6) is 0 Å². The molecule has 2 fully saturated rings. The molecule has 35 heavy (non-hydrogen) atoms. The Kier molecular flexibility index (Phi) is 12.1. The van der Waals surface area contributed by atoms with E-state index in [0.717, 1.165) is 51.4 Å². The predicted octanol–water partition coefficient (Wildman–Crippen LogP) is 5.18. The fourth-order valence-electron chi connectivity index (χ4n) is 4.64. The molecular formula is C22H52O8Si5. The Morgan fingerprint density at radius 1 is 0.543 bits per heavy atom. The minimum atomic E-state index is -2.43. The van der Waals surface area contributed by atoms with Gasteiger partial charge in [0.1, 0.15) is 12.2 Å². The van der Waals surface area contributed by atoms with Gasteiger partial charge in [-0.15, -0.1) is 0 Å². The van der Waals surface area contributed by atoms with Crippen molar-refractivity contribution in [2.75, 3.05) is 39.6 Å². The SMILES string of the molecule is C[Si](C)(CCCOCC1CO1)O[Si](C)(C)O[Si](C)(C)O[Si](C)(C)O[Si](C)(C)CCCOCC1CO1. The number of epoxide rings is 2. The first-order chi connectivity index (χ1) is 16.0. The number of hydrogen-bond donors (Lipinski definition) is 0. The smallest absolute Gasteiger partial charge is 0.314 e. The van der Waals surface area contributed by atoms with Crippen molar-refractivity contribution in [2.45, 2.75) is 103 Å². The molecule has 0 aromatic heterocycles. The lowest BCUT2D eigenvalue weighted by atomic mass is 10.5. The quantitative estimate of drug-likeness (QED) is 0.110. The number of rotatable bonds is 20. The average Bonchev–Trinajstić information content (AvgIpc) is 3.52. The lowest BCUT2D eigenvalue weighted by Gasteiger charge is -2.42. The lowest BCUT2D eigenvalue weighted by Crippen LogP contribution is -2.58. The molecule has 0 aromatic carbocycles. The molecular weight excluding hydrogens is 533 g/mol. The first-order valence-electron chi connectivity index (χ1n) is 13.2. The number of ether oxygens (including phenoxy) is 4. The first kappa shape index (κ1) is 32.0. The predicted molar refractivity (Wildman–Crippen MR) is 152 cm³/mol. The van der Waals surface area contributed by atoms with Crippen molar-refractivity contribution in [2.24, 2.45) is 0 Å². The molecule has 2 atom stereocenters. The van der Waals surface area contributed by atoms with E-state index in [1.165, 1.54) is 0 Å². The Labute approximate surface area is 219 Å². The van der Waals surface area contributed by atoms with Gasteiger partial charge in [0.15, 0.2) is 16.6 Å². The second-order valence-electron chi connectivity index (χ2n) is 12.4. The van der Waals surface area contributed by atoms with Crippen LogP contribution in [0.15, 0.2) is 0 Å². The summed E-state index contributed by atoms with van der Waals surface area (Å²) in [5.74, 6) is 0. The van der Waals surface area contributed by atoms with E-state index in [1.807, 2.05) is 0 Å². The van der Waals surface area contributed by atoms with Crippen LogP contribution in [0.1, 0.15) is 12.8 Å². The molecule has 208 valence electrons. The van der Waals surface area contributed by atoms with Gasteiger partial charge < -0.3 is 35.4 Å². The summed E-state index contributed by atoms with van der Waals surface area (Å²) in [5, 5.41) is 0. The van der Waals surface area contributed by atoms with Crippen molar-refractivity contribution < 1.29 is 35.4 Å². The monoisotopic (exact) mass is 584 g/mol. The second kappa shape index (κ2) is 13.2. The Morgan fingerprint density at radius 3 is 1.17 bits per heavy atom. The average molecular weight is 585 g/mol. The van der Waals surface area contributed by atoms with Crippen molar-refractivity contribution in [1.29, 1.82) is 0 Å². The van der Waals surface area contributed by atoms with Crippen molar-refractivity contribution in [3.63, 3.8) is 0 Å². The van der Waals surface area contributed by atoms with Crippen LogP contribution < -0.4 is 0 Å². The normalized spacial score (nSPS) is 21.4. The third-order valence-corrected chi connectivity index (χ3v) is 24.9. The molecule has 2 heterocycles. The maximum absolute atomic E-state index is 6.70. The van der Waals surface area contributed by atoms with Crippen LogP contribution in [0, 0.1) is 0 Å². The highest BCUT2D eigenvalue weighted by Crippen LogP contribution is 2.28. The van der Waals surface area contributed by atoms with Crippen LogP contribution in [-0.2, 0) is 35.4 Å². The summed E-state index contributed by atoms with van der Waals surface area (Å²) < 4.78 is 48.5. The van der Waals surface area contributed by atoms with E-state index >= 15 is 0 Å². The van der Waals surface area contributed by atoms with Gasteiger partial charge in [-0.25, -0.2) is 0 Å². The van der Waals surface area contributed by atoms with Gasteiger partial charge in [0.05, 0.1) is 26.4 Å². The van der Waals surface area contributed by atoms with E-state index < -0.39 is 42.3 Å². The van der Waals surface area contributed by atoms with E-state index in [-0.39, 0.29) is 0 Å². The maximum Gasteiger partial charge on any atom is 0.314 e. The fraction of sp³-hybridized carbons (Fsp3) is 1.00. The topological polar surface area (TPSA) is 80.4 Å². The van der Waals surface area contributed by atoms with Crippen LogP contribution in [0.3, 0.4) is 0 Å². The Hall–Kier alpha value is 0.764.